The van der Waals surface area contributed by atoms with Gasteiger partial charge in [0.2, 0.25) is 0 Å². The van der Waals surface area contributed by atoms with Crippen LogP contribution in [0.25, 0.3) is 0 Å². The van der Waals surface area contributed by atoms with Gasteiger partial charge in [0.25, 0.3) is 5.91 Å². The van der Waals surface area contributed by atoms with Crippen molar-refractivity contribution in [2.75, 3.05) is 19.0 Å². The van der Waals surface area contributed by atoms with Crippen LogP contribution in [0.3, 0.4) is 0 Å². The van der Waals surface area contributed by atoms with Gasteiger partial charge in [-0.3, -0.25) is 14.4 Å². The number of ether oxygens (including phenoxy) is 3. The molecule has 2 aromatic rings. The van der Waals surface area contributed by atoms with Crippen LogP contribution in [0, 0.1) is 17.8 Å². The number of nitrogens with one attached hydrogen (secondary N) is 1. The maximum Gasteiger partial charge on any atom is 0.262 e. The molecule has 0 fully saturated rings. The molecule has 0 bridgehead atoms. The lowest BCUT2D eigenvalue weighted by atomic mass is 9.65. The van der Waals surface area contributed by atoms with Crippen molar-refractivity contribution in [2.24, 2.45) is 10.8 Å². The van der Waals surface area contributed by atoms with Crippen LogP contribution in [0.4, 0.5) is 5.69 Å². The minimum Gasteiger partial charge on any atom is -0.493 e. The molecule has 1 heterocycles. The number of methoxy groups -OCH3 is 1. The van der Waals surface area contributed by atoms with Crippen molar-refractivity contribution >= 4 is 23.2 Å². The van der Waals surface area contributed by atoms with Crippen LogP contribution in [0.2, 0.25) is 0 Å². The molecule has 2 aromatic carbocycles. The number of carbonyl (C=O) groups excluding carboxylic acids is 3. The molecule has 2 aliphatic carbocycles. The molecule has 0 saturated carbocycles. The Kier molecular flexibility index (Phi) is 7.11. The van der Waals surface area contributed by atoms with E-state index in [9.17, 15) is 14.4 Å². The minimum absolute atomic E-state index is 0.00695. The number of carbonyl (C=O) groups is 3. The molecule has 210 valence electrons. The molecular weight excluding hydrogens is 506 g/mol. The van der Waals surface area contributed by atoms with Gasteiger partial charge in [-0.1, -0.05) is 51.5 Å². The lowest BCUT2D eigenvalue weighted by molar-refractivity contribution is -0.120. The molecule has 7 heteroatoms. The molecule has 0 atom stereocenters. The van der Waals surface area contributed by atoms with Crippen LogP contribution in [-0.4, -0.2) is 31.2 Å². The third-order valence-corrected chi connectivity index (χ3v) is 7.80. The summed E-state index contributed by atoms with van der Waals surface area (Å²) >= 11 is 0. The van der Waals surface area contributed by atoms with Crippen LogP contribution in [0.5, 0.6) is 11.5 Å². The van der Waals surface area contributed by atoms with E-state index in [-0.39, 0.29) is 34.9 Å². The van der Waals surface area contributed by atoms with E-state index in [2.05, 4.69) is 33.0 Å². The first-order valence-corrected chi connectivity index (χ1v) is 13.7. The number of amides is 1. The first kappa shape index (κ1) is 27.7. The number of allylic oxidation sites excluding steroid dienone is 4. The number of hydrogen-bond donors (Lipinski definition) is 1. The van der Waals surface area contributed by atoms with Gasteiger partial charge in [-0.15, -0.1) is 0 Å². The summed E-state index contributed by atoms with van der Waals surface area (Å²) in [7, 11) is 1.53. The molecule has 5 rings (SSSR count). The van der Waals surface area contributed by atoms with Gasteiger partial charge in [0, 0.05) is 48.4 Å². The second kappa shape index (κ2) is 10.3. The first-order valence-electron chi connectivity index (χ1n) is 13.7. The number of rotatable bonds is 6. The summed E-state index contributed by atoms with van der Waals surface area (Å²) in [6, 6.07) is 12.9. The Bertz CT molecular complexity index is 1390. The zero-order valence-electron chi connectivity index (χ0n) is 24.1. The largest absolute Gasteiger partial charge is 0.493 e. The van der Waals surface area contributed by atoms with Crippen molar-refractivity contribution < 1.29 is 28.6 Å². The van der Waals surface area contributed by atoms with Crippen LogP contribution < -0.4 is 14.8 Å². The average molecular weight is 544 g/mol. The zero-order chi connectivity index (χ0) is 28.8. The fraction of sp³-hybridized carbons (Fsp3) is 0.424. The topological polar surface area (TPSA) is 90.9 Å². The van der Waals surface area contributed by atoms with Gasteiger partial charge in [0.1, 0.15) is 11.5 Å². The summed E-state index contributed by atoms with van der Waals surface area (Å²) in [5, 5.41) is 2.82. The average Bonchev–Trinajstić information content (AvgIpc) is 2.86. The Morgan fingerprint density at radius 3 is 2.00 bits per heavy atom. The van der Waals surface area contributed by atoms with Crippen LogP contribution in [0.15, 0.2) is 65.1 Å². The number of aryl methyl sites for hydroxylation is 1. The number of Topliss-reactive ketones (excluding diaryl/α,β-unsaturated/α-hetero) is 2. The van der Waals surface area contributed by atoms with Crippen molar-refractivity contribution in [3.8, 4) is 11.5 Å². The highest BCUT2D eigenvalue weighted by Gasteiger charge is 2.47. The van der Waals surface area contributed by atoms with E-state index >= 15 is 0 Å². The molecule has 0 saturated heterocycles. The quantitative estimate of drug-likeness (QED) is 0.452. The predicted molar refractivity (Wildman–Crippen MR) is 152 cm³/mol. The Morgan fingerprint density at radius 2 is 1.45 bits per heavy atom. The van der Waals surface area contributed by atoms with Crippen LogP contribution in [-0.2, 0) is 19.1 Å². The van der Waals surface area contributed by atoms with E-state index in [1.165, 1.54) is 7.11 Å². The first-order chi connectivity index (χ1) is 18.9. The standard InChI is InChI=1S/C33H37NO6/c1-19-7-10-21(11-8-19)34-28(37)18-39-24-12-9-20(13-25(24)38-6)29-30-22(35)14-32(2,3)16-26(30)40-27-17-33(4,5)15-23(36)31(27)29/h7-13,29H,14-18H2,1-6H3,(H,34,37). The van der Waals surface area contributed by atoms with Gasteiger partial charge in [-0.25, -0.2) is 0 Å². The van der Waals surface area contributed by atoms with Crippen molar-refractivity contribution in [3.63, 3.8) is 0 Å². The second-order valence-electron chi connectivity index (χ2n) is 12.7. The molecule has 0 spiro atoms. The van der Waals surface area contributed by atoms with Crippen molar-refractivity contribution in [3.05, 3.63) is 76.3 Å². The van der Waals surface area contributed by atoms with E-state index < -0.39 is 5.92 Å². The fourth-order valence-electron chi connectivity index (χ4n) is 5.97. The van der Waals surface area contributed by atoms with Gasteiger partial charge in [-0.2, -0.15) is 0 Å². The summed E-state index contributed by atoms with van der Waals surface area (Å²) < 4.78 is 17.8. The third-order valence-electron chi connectivity index (χ3n) is 7.80. The van der Waals surface area contributed by atoms with E-state index in [0.29, 0.717) is 65.5 Å². The van der Waals surface area contributed by atoms with Gasteiger partial charge >= 0.3 is 0 Å². The summed E-state index contributed by atoms with van der Waals surface area (Å²) in [5.74, 6) is 1.34. The second-order valence-corrected chi connectivity index (χ2v) is 12.7. The monoisotopic (exact) mass is 543 g/mol. The predicted octanol–water partition coefficient (Wildman–Crippen LogP) is 6.42. The maximum absolute atomic E-state index is 13.5. The highest BCUT2D eigenvalue weighted by Crippen LogP contribution is 2.53. The smallest absolute Gasteiger partial charge is 0.262 e. The highest BCUT2D eigenvalue weighted by molar-refractivity contribution is 6.06. The van der Waals surface area contributed by atoms with E-state index in [1.54, 1.807) is 12.1 Å². The minimum atomic E-state index is -0.529. The Labute approximate surface area is 235 Å². The summed E-state index contributed by atoms with van der Waals surface area (Å²) in [6.07, 6.45) is 2.04. The SMILES string of the molecule is COc1cc(C2C3=C(CC(C)(C)CC3=O)OC3=C2C(=O)CC(C)(C)C3)ccc1OCC(=O)Nc1ccc(C)cc1. The third kappa shape index (κ3) is 5.55. The fourth-order valence-corrected chi connectivity index (χ4v) is 5.97. The molecule has 0 aromatic heterocycles. The van der Waals surface area contributed by atoms with E-state index in [4.69, 9.17) is 14.2 Å². The molecule has 1 N–H and O–H groups in total. The normalized spacial score (nSPS) is 19.9. The highest BCUT2D eigenvalue weighted by atomic mass is 16.5. The van der Waals surface area contributed by atoms with Crippen LogP contribution in [0.1, 0.15) is 70.4 Å². The number of anilines is 1. The van der Waals surface area contributed by atoms with Gasteiger partial charge in [0.15, 0.2) is 29.7 Å². The Hall–Kier alpha value is -3.87. The summed E-state index contributed by atoms with van der Waals surface area (Å²) in [5.41, 5.74) is 3.25. The number of hydrogen-bond acceptors (Lipinski definition) is 6. The molecule has 0 unspecified atom stereocenters. The lowest BCUT2D eigenvalue weighted by Crippen LogP contribution is -2.37. The van der Waals surface area contributed by atoms with Crippen molar-refractivity contribution in [2.45, 2.75) is 66.2 Å². The van der Waals surface area contributed by atoms with Gasteiger partial charge in [0.05, 0.1) is 7.11 Å². The molecule has 40 heavy (non-hydrogen) atoms. The number of ketones is 2. The van der Waals surface area contributed by atoms with Crippen molar-refractivity contribution in [1.82, 2.24) is 0 Å². The van der Waals surface area contributed by atoms with Gasteiger partial charge in [-0.05, 0) is 47.6 Å². The van der Waals surface area contributed by atoms with Crippen molar-refractivity contribution in [1.29, 1.82) is 0 Å². The Morgan fingerprint density at radius 1 is 0.875 bits per heavy atom. The number of benzene rings is 2. The van der Waals surface area contributed by atoms with E-state index in [1.807, 2.05) is 37.3 Å². The molecule has 0 radical (unpaired) electrons. The summed E-state index contributed by atoms with van der Waals surface area (Å²) in [6.45, 7) is 10.0. The van der Waals surface area contributed by atoms with Gasteiger partial charge < -0.3 is 19.5 Å². The Balaban J connectivity index is 1.46. The molecule has 1 aliphatic heterocycles. The molecule has 7 nitrogen and oxygen atoms in total. The summed E-state index contributed by atoms with van der Waals surface area (Å²) in [4.78, 5) is 39.6. The van der Waals surface area contributed by atoms with Crippen LogP contribution >= 0.6 is 0 Å². The lowest BCUT2D eigenvalue weighted by Gasteiger charge is -2.42. The molecule has 1 amide bonds. The van der Waals surface area contributed by atoms with E-state index in [0.717, 1.165) is 11.1 Å². The molecule has 3 aliphatic rings. The zero-order valence-corrected chi connectivity index (χ0v) is 24.1. The maximum atomic E-state index is 13.5. The molecular formula is C33H37NO6.